The molecule has 0 saturated heterocycles. The number of aliphatic hydroxyl groups excluding tert-OH is 1. The Balaban J connectivity index is 2.45. The van der Waals surface area contributed by atoms with Crippen molar-refractivity contribution < 1.29 is 14.6 Å². The highest BCUT2D eigenvalue weighted by Crippen LogP contribution is 2.29. The number of hydrogen-bond acceptors (Lipinski definition) is 3. The van der Waals surface area contributed by atoms with Gasteiger partial charge in [0.15, 0.2) is 0 Å². The third kappa shape index (κ3) is 1.97. The number of rotatable bonds is 1. The molecule has 70 valence electrons. The predicted molar refractivity (Wildman–Crippen MR) is 44.5 cm³/mol. The van der Waals surface area contributed by atoms with E-state index in [1.165, 1.54) is 7.11 Å². The molecule has 3 atom stereocenters. The van der Waals surface area contributed by atoms with Gasteiger partial charge < -0.3 is 9.84 Å². The Kier molecular flexibility index (Phi) is 3.09. The Labute approximate surface area is 72.7 Å². The van der Waals surface area contributed by atoms with Crippen LogP contribution < -0.4 is 0 Å². The maximum absolute atomic E-state index is 11.1. The van der Waals surface area contributed by atoms with Gasteiger partial charge in [-0.1, -0.05) is 6.92 Å². The largest absolute Gasteiger partial charge is 0.469 e. The molecule has 0 radical (unpaired) electrons. The molecule has 0 spiro atoms. The summed E-state index contributed by atoms with van der Waals surface area (Å²) in [7, 11) is 1.41. The van der Waals surface area contributed by atoms with E-state index in [9.17, 15) is 9.90 Å². The van der Waals surface area contributed by atoms with Gasteiger partial charge >= 0.3 is 5.97 Å². The second kappa shape index (κ2) is 3.90. The highest BCUT2D eigenvalue weighted by molar-refractivity contribution is 5.72. The van der Waals surface area contributed by atoms with Crippen LogP contribution in [0.3, 0.4) is 0 Å². The lowest BCUT2D eigenvalue weighted by atomic mass is 9.80. The van der Waals surface area contributed by atoms with Crippen LogP contribution in [0, 0.1) is 11.8 Å². The number of hydrogen-bond donors (Lipinski definition) is 1. The van der Waals surface area contributed by atoms with Crippen molar-refractivity contribution in [2.24, 2.45) is 11.8 Å². The first-order valence-corrected chi connectivity index (χ1v) is 4.41. The van der Waals surface area contributed by atoms with E-state index in [1.54, 1.807) is 0 Å². The Bertz CT molecular complexity index is 167. The minimum Gasteiger partial charge on any atom is -0.469 e. The zero-order valence-electron chi connectivity index (χ0n) is 7.62. The molecule has 1 aliphatic rings. The second-order valence-corrected chi connectivity index (χ2v) is 3.58. The van der Waals surface area contributed by atoms with E-state index in [2.05, 4.69) is 4.74 Å². The lowest BCUT2D eigenvalue weighted by molar-refractivity contribution is -0.148. The molecule has 0 aromatic carbocycles. The minimum atomic E-state index is -0.231. The van der Waals surface area contributed by atoms with Gasteiger partial charge in [0.25, 0.3) is 0 Å². The molecule has 0 amide bonds. The van der Waals surface area contributed by atoms with Crippen LogP contribution in [-0.4, -0.2) is 24.3 Å². The summed E-state index contributed by atoms with van der Waals surface area (Å²) in [6.07, 6.45) is 2.01. The maximum atomic E-state index is 11.1. The quantitative estimate of drug-likeness (QED) is 0.599. The van der Waals surface area contributed by atoms with Gasteiger partial charge in [0.1, 0.15) is 0 Å². The van der Waals surface area contributed by atoms with Crippen molar-refractivity contribution in [1.29, 1.82) is 0 Å². The molecule has 0 heterocycles. The maximum Gasteiger partial charge on any atom is 0.308 e. The van der Waals surface area contributed by atoms with Gasteiger partial charge in [0, 0.05) is 0 Å². The molecule has 1 N–H and O–H groups in total. The van der Waals surface area contributed by atoms with E-state index in [-0.39, 0.29) is 23.9 Å². The number of aliphatic hydroxyl groups is 1. The first kappa shape index (κ1) is 9.52. The summed E-state index contributed by atoms with van der Waals surface area (Å²) in [4.78, 5) is 11.1. The molecule has 3 heteroatoms. The summed E-state index contributed by atoms with van der Waals surface area (Å²) >= 11 is 0. The fourth-order valence-corrected chi connectivity index (χ4v) is 1.76. The van der Waals surface area contributed by atoms with Crippen molar-refractivity contribution in [2.75, 3.05) is 7.11 Å². The van der Waals surface area contributed by atoms with E-state index >= 15 is 0 Å². The molecule has 3 nitrogen and oxygen atoms in total. The van der Waals surface area contributed by atoms with Crippen molar-refractivity contribution in [3.8, 4) is 0 Å². The molecule has 0 aromatic rings. The Hall–Kier alpha value is -0.570. The molecule has 1 fully saturated rings. The molecule has 0 bridgehead atoms. The van der Waals surface area contributed by atoms with Crippen LogP contribution in [-0.2, 0) is 9.53 Å². The Morgan fingerprint density at radius 1 is 1.50 bits per heavy atom. The summed E-state index contributed by atoms with van der Waals surface area (Å²) < 4.78 is 4.65. The van der Waals surface area contributed by atoms with Crippen molar-refractivity contribution >= 4 is 5.97 Å². The third-order valence-electron chi connectivity index (χ3n) is 2.66. The summed E-state index contributed by atoms with van der Waals surface area (Å²) in [5, 5.41) is 9.40. The van der Waals surface area contributed by atoms with Gasteiger partial charge in [0.05, 0.1) is 19.1 Å². The lowest BCUT2D eigenvalue weighted by Gasteiger charge is -2.29. The highest BCUT2D eigenvalue weighted by Gasteiger charge is 2.30. The van der Waals surface area contributed by atoms with Gasteiger partial charge in [-0.25, -0.2) is 0 Å². The van der Waals surface area contributed by atoms with Crippen molar-refractivity contribution in [2.45, 2.75) is 32.3 Å². The predicted octanol–water partition coefficient (Wildman–Crippen LogP) is 0.956. The second-order valence-electron chi connectivity index (χ2n) is 3.58. The molecule has 1 saturated carbocycles. The Morgan fingerprint density at radius 3 is 2.67 bits per heavy atom. The first-order chi connectivity index (χ1) is 5.65. The zero-order chi connectivity index (χ0) is 9.14. The molecule has 3 unspecified atom stereocenters. The topological polar surface area (TPSA) is 46.5 Å². The molecular formula is C9H16O3. The lowest BCUT2D eigenvalue weighted by Crippen LogP contribution is -2.31. The monoisotopic (exact) mass is 172 g/mol. The average molecular weight is 172 g/mol. The third-order valence-corrected chi connectivity index (χ3v) is 2.66. The molecule has 1 rings (SSSR count). The summed E-state index contributed by atoms with van der Waals surface area (Å²) in [6.45, 7) is 1.97. The van der Waals surface area contributed by atoms with Crippen LogP contribution in [0.1, 0.15) is 26.2 Å². The highest BCUT2D eigenvalue weighted by atomic mass is 16.5. The fourth-order valence-electron chi connectivity index (χ4n) is 1.76. The minimum absolute atomic E-state index is 0.00778. The smallest absolute Gasteiger partial charge is 0.308 e. The fraction of sp³-hybridized carbons (Fsp3) is 0.889. The van der Waals surface area contributed by atoms with E-state index < -0.39 is 0 Å². The van der Waals surface area contributed by atoms with Gasteiger partial charge in [-0.05, 0) is 25.2 Å². The number of ether oxygens (including phenoxy) is 1. The van der Waals surface area contributed by atoms with Gasteiger partial charge in [-0.15, -0.1) is 0 Å². The van der Waals surface area contributed by atoms with E-state index in [0.717, 1.165) is 19.3 Å². The molecule has 12 heavy (non-hydrogen) atoms. The molecule has 1 aliphatic carbocycles. The number of carbonyl (C=O) groups excluding carboxylic acids is 1. The molecule has 0 aliphatic heterocycles. The van der Waals surface area contributed by atoms with Gasteiger partial charge in [0.2, 0.25) is 0 Å². The summed E-state index contributed by atoms with van der Waals surface area (Å²) in [6, 6.07) is 0. The van der Waals surface area contributed by atoms with Crippen molar-refractivity contribution in [1.82, 2.24) is 0 Å². The van der Waals surface area contributed by atoms with E-state index in [1.807, 2.05) is 6.92 Å². The van der Waals surface area contributed by atoms with E-state index in [0.29, 0.717) is 0 Å². The van der Waals surface area contributed by atoms with Crippen molar-refractivity contribution in [3.63, 3.8) is 0 Å². The average Bonchev–Trinajstić information content (AvgIpc) is 2.08. The SMILES string of the molecule is COC(=O)C1CCC(O)C(C)C1. The van der Waals surface area contributed by atoms with Crippen LogP contribution in [0.15, 0.2) is 0 Å². The molecular weight excluding hydrogens is 156 g/mol. The van der Waals surface area contributed by atoms with E-state index in [4.69, 9.17) is 0 Å². The van der Waals surface area contributed by atoms with Crippen LogP contribution in [0.4, 0.5) is 0 Å². The number of methoxy groups -OCH3 is 1. The normalized spacial score (nSPS) is 36.1. The van der Waals surface area contributed by atoms with Crippen LogP contribution in [0.2, 0.25) is 0 Å². The number of carbonyl (C=O) groups is 1. The first-order valence-electron chi connectivity index (χ1n) is 4.41. The standard InChI is InChI=1S/C9H16O3/c1-6-5-7(9(11)12-2)3-4-8(6)10/h6-8,10H,3-5H2,1-2H3. The van der Waals surface area contributed by atoms with Crippen molar-refractivity contribution in [3.05, 3.63) is 0 Å². The van der Waals surface area contributed by atoms with Crippen LogP contribution in [0.5, 0.6) is 0 Å². The molecule has 0 aromatic heterocycles. The zero-order valence-corrected chi connectivity index (χ0v) is 7.62. The van der Waals surface area contributed by atoms with Gasteiger partial charge in [-0.2, -0.15) is 0 Å². The number of esters is 1. The summed E-state index contributed by atoms with van der Waals surface area (Å²) in [5.74, 6) is 0.102. The Morgan fingerprint density at radius 2 is 2.17 bits per heavy atom. The van der Waals surface area contributed by atoms with Crippen LogP contribution >= 0.6 is 0 Å². The van der Waals surface area contributed by atoms with Crippen LogP contribution in [0.25, 0.3) is 0 Å². The van der Waals surface area contributed by atoms with Gasteiger partial charge in [-0.3, -0.25) is 4.79 Å². The summed E-state index contributed by atoms with van der Waals surface area (Å²) in [5.41, 5.74) is 0.